The van der Waals surface area contributed by atoms with Crippen molar-refractivity contribution < 1.29 is 29.1 Å². The Bertz CT molecular complexity index is 644. The van der Waals surface area contributed by atoms with Crippen molar-refractivity contribution in [2.24, 2.45) is 11.5 Å². The molecule has 0 saturated carbocycles. The molecule has 1 aliphatic heterocycles. The number of hydrogen-bond donors (Lipinski definition) is 5. The number of amides is 4. The molecule has 1 saturated heterocycles. The van der Waals surface area contributed by atoms with Gasteiger partial charge in [-0.1, -0.05) is 0 Å². The molecule has 1 heterocycles. The Kier molecular flexibility index (Phi) is 9.89. The van der Waals surface area contributed by atoms with E-state index >= 15 is 0 Å². The minimum atomic E-state index is -1.34. The van der Waals surface area contributed by atoms with E-state index in [2.05, 4.69) is 10.6 Å². The number of aliphatic carboxylic acids is 1. The average molecular weight is 432 g/mol. The van der Waals surface area contributed by atoms with Crippen LogP contribution in [0.4, 0.5) is 0 Å². The van der Waals surface area contributed by atoms with Gasteiger partial charge < -0.3 is 32.1 Å². The molecule has 0 aromatic heterocycles. The fraction of sp³-hybridized carbons (Fsp3) is 0.706. The summed E-state index contributed by atoms with van der Waals surface area (Å²) in [5.74, 6) is -3.39. The Labute approximate surface area is 173 Å². The van der Waals surface area contributed by atoms with Crippen LogP contribution >= 0.6 is 11.8 Å². The summed E-state index contributed by atoms with van der Waals surface area (Å²) in [6, 6.07) is -4.10. The molecule has 0 aromatic rings. The largest absolute Gasteiger partial charge is 0.480 e. The first kappa shape index (κ1) is 24.7. The number of carbonyl (C=O) groups is 5. The van der Waals surface area contributed by atoms with E-state index < -0.39 is 54.3 Å². The molecule has 0 radical (unpaired) electrons. The summed E-state index contributed by atoms with van der Waals surface area (Å²) < 4.78 is 0. The van der Waals surface area contributed by atoms with Crippen LogP contribution in [0.5, 0.6) is 0 Å². The predicted octanol–water partition coefficient (Wildman–Crippen LogP) is -1.99. The zero-order valence-electron chi connectivity index (χ0n) is 16.6. The summed E-state index contributed by atoms with van der Waals surface area (Å²) in [5.41, 5.74) is 10.8. The number of rotatable bonds is 11. The van der Waals surface area contributed by atoms with E-state index in [0.717, 1.165) is 0 Å². The molecule has 29 heavy (non-hydrogen) atoms. The van der Waals surface area contributed by atoms with Gasteiger partial charge in [-0.15, -0.1) is 0 Å². The second-order valence-electron chi connectivity index (χ2n) is 6.89. The lowest BCUT2D eigenvalue weighted by molar-refractivity contribution is -0.143. The second-order valence-corrected chi connectivity index (χ2v) is 7.88. The maximum Gasteiger partial charge on any atom is 0.326 e. The number of carbonyl (C=O) groups excluding carboxylic acids is 4. The van der Waals surface area contributed by atoms with Gasteiger partial charge in [0.05, 0.1) is 12.5 Å². The lowest BCUT2D eigenvalue weighted by Crippen LogP contribution is -2.57. The maximum atomic E-state index is 12.7. The topological polar surface area (TPSA) is 185 Å². The van der Waals surface area contributed by atoms with Crippen molar-refractivity contribution in [2.45, 2.75) is 56.8 Å². The molecular formula is C17H29N5O6S. The summed E-state index contributed by atoms with van der Waals surface area (Å²) in [5, 5.41) is 14.0. The van der Waals surface area contributed by atoms with Crippen LogP contribution in [0.25, 0.3) is 0 Å². The minimum Gasteiger partial charge on any atom is -0.480 e. The van der Waals surface area contributed by atoms with Crippen LogP contribution in [-0.2, 0) is 24.0 Å². The van der Waals surface area contributed by atoms with Crippen molar-refractivity contribution in [3.05, 3.63) is 0 Å². The summed E-state index contributed by atoms with van der Waals surface area (Å²) in [6.07, 6.45) is 2.46. The van der Waals surface area contributed by atoms with E-state index in [4.69, 9.17) is 11.5 Å². The van der Waals surface area contributed by atoms with Crippen molar-refractivity contribution in [1.82, 2.24) is 15.5 Å². The molecule has 0 bridgehead atoms. The molecule has 11 nitrogen and oxygen atoms in total. The van der Waals surface area contributed by atoms with Crippen LogP contribution in [-0.4, -0.2) is 82.3 Å². The van der Waals surface area contributed by atoms with Gasteiger partial charge in [-0.2, -0.15) is 11.8 Å². The number of nitrogens with two attached hydrogens (primary N) is 2. The van der Waals surface area contributed by atoms with Crippen molar-refractivity contribution >= 4 is 41.4 Å². The number of carboxylic acids is 1. The monoisotopic (exact) mass is 431 g/mol. The third-order valence-electron chi connectivity index (χ3n) is 4.49. The molecule has 4 amide bonds. The zero-order valence-corrected chi connectivity index (χ0v) is 17.4. The molecule has 0 aliphatic carbocycles. The Balaban J connectivity index is 2.87. The summed E-state index contributed by atoms with van der Waals surface area (Å²) >= 11 is 1.42. The fourth-order valence-corrected chi connectivity index (χ4v) is 3.48. The Hall–Kier alpha value is -2.34. The molecule has 0 aromatic carbocycles. The highest BCUT2D eigenvalue weighted by Gasteiger charge is 2.37. The number of nitrogens with zero attached hydrogens (tertiary/aromatic N) is 1. The smallest absolute Gasteiger partial charge is 0.326 e. The SMILES string of the molecule is CSCCC(NC(=O)C(CC(N)=O)NC(=O)C1CCCN1C(=O)C(C)N)C(=O)O. The summed E-state index contributed by atoms with van der Waals surface area (Å²) in [4.78, 5) is 61.4. The van der Waals surface area contributed by atoms with Gasteiger partial charge in [-0.3, -0.25) is 19.2 Å². The first-order valence-corrected chi connectivity index (χ1v) is 10.6. The van der Waals surface area contributed by atoms with Crippen LogP contribution in [0.3, 0.4) is 0 Å². The van der Waals surface area contributed by atoms with Gasteiger partial charge in [0, 0.05) is 6.54 Å². The maximum absolute atomic E-state index is 12.7. The number of hydrogen-bond acceptors (Lipinski definition) is 7. The van der Waals surface area contributed by atoms with Crippen LogP contribution in [0, 0.1) is 0 Å². The van der Waals surface area contributed by atoms with Crippen molar-refractivity contribution in [1.29, 1.82) is 0 Å². The average Bonchev–Trinajstić information content (AvgIpc) is 3.12. The highest BCUT2D eigenvalue weighted by Crippen LogP contribution is 2.18. The normalized spacial score (nSPS) is 19.1. The van der Waals surface area contributed by atoms with Gasteiger partial charge in [-0.25, -0.2) is 4.79 Å². The number of primary amides is 1. The van der Waals surface area contributed by atoms with E-state index in [0.29, 0.717) is 25.1 Å². The molecule has 164 valence electrons. The van der Waals surface area contributed by atoms with E-state index in [1.54, 1.807) is 6.26 Å². The van der Waals surface area contributed by atoms with Gasteiger partial charge in [-0.05, 0) is 38.2 Å². The molecule has 4 atom stereocenters. The molecule has 1 aliphatic rings. The predicted molar refractivity (Wildman–Crippen MR) is 107 cm³/mol. The van der Waals surface area contributed by atoms with Gasteiger partial charge in [0.15, 0.2) is 0 Å². The summed E-state index contributed by atoms with van der Waals surface area (Å²) in [6.45, 7) is 1.88. The Morgan fingerprint density at radius 3 is 2.38 bits per heavy atom. The highest BCUT2D eigenvalue weighted by atomic mass is 32.2. The lowest BCUT2D eigenvalue weighted by Gasteiger charge is -2.27. The van der Waals surface area contributed by atoms with E-state index in [1.165, 1.54) is 23.6 Å². The molecule has 1 fully saturated rings. The van der Waals surface area contributed by atoms with Gasteiger partial charge in [0.25, 0.3) is 0 Å². The fourth-order valence-electron chi connectivity index (χ4n) is 3.01. The third kappa shape index (κ3) is 7.54. The first-order chi connectivity index (χ1) is 13.6. The van der Waals surface area contributed by atoms with Gasteiger partial charge in [0.2, 0.25) is 23.6 Å². The van der Waals surface area contributed by atoms with Crippen LogP contribution in [0.1, 0.15) is 32.6 Å². The number of nitrogens with one attached hydrogen (secondary N) is 2. The molecule has 0 spiro atoms. The van der Waals surface area contributed by atoms with E-state index in [1.807, 2.05) is 0 Å². The minimum absolute atomic E-state index is 0.179. The molecule has 1 rings (SSSR count). The number of thioether (sulfide) groups is 1. The number of carboxylic acid groups (broad SMARTS) is 1. The lowest BCUT2D eigenvalue weighted by atomic mass is 10.1. The highest BCUT2D eigenvalue weighted by molar-refractivity contribution is 7.98. The van der Waals surface area contributed by atoms with Crippen LogP contribution in [0.15, 0.2) is 0 Å². The Morgan fingerprint density at radius 2 is 1.86 bits per heavy atom. The molecule has 12 heteroatoms. The van der Waals surface area contributed by atoms with Crippen molar-refractivity contribution in [3.8, 4) is 0 Å². The van der Waals surface area contributed by atoms with E-state index in [9.17, 15) is 29.1 Å². The molecule has 4 unspecified atom stereocenters. The standard InChI is InChI=1S/C17H29N5O6S/c1-9(18)16(26)22-6-3-4-12(22)15(25)21-11(8-13(19)23)14(24)20-10(17(27)28)5-7-29-2/h9-12H,3-8,18H2,1-2H3,(H2,19,23)(H,20,24)(H,21,25)(H,27,28). The molecule has 7 N–H and O–H groups in total. The van der Waals surface area contributed by atoms with Crippen LogP contribution < -0.4 is 22.1 Å². The second kappa shape index (κ2) is 11.6. The van der Waals surface area contributed by atoms with Crippen molar-refractivity contribution in [3.63, 3.8) is 0 Å². The molecular weight excluding hydrogens is 402 g/mol. The van der Waals surface area contributed by atoms with Gasteiger partial charge in [0.1, 0.15) is 18.1 Å². The van der Waals surface area contributed by atoms with Crippen molar-refractivity contribution in [2.75, 3.05) is 18.6 Å². The van der Waals surface area contributed by atoms with Gasteiger partial charge >= 0.3 is 5.97 Å². The Morgan fingerprint density at radius 1 is 1.21 bits per heavy atom. The number of likely N-dealkylation sites (tertiary alicyclic amines) is 1. The van der Waals surface area contributed by atoms with E-state index in [-0.39, 0.29) is 12.3 Å². The quantitative estimate of drug-likeness (QED) is 0.249. The zero-order chi connectivity index (χ0) is 22.1. The third-order valence-corrected chi connectivity index (χ3v) is 5.14. The first-order valence-electron chi connectivity index (χ1n) is 9.25. The summed E-state index contributed by atoms with van der Waals surface area (Å²) in [7, 11) is 0. The van der Waals surface area contributed by atoms with Crippen LogP contribution in [0.2, 0.25) is 0 Å².